The zero-order chi connectivity index (χ0) is 6.81. The average molecular weight is 154 g/mol. The Morgan fingerprint density at radius 2 is 2.60 bits per heavy atom. The van der Waals surface area contributed by atoms with Crippen LogP contribution in [0.4, 0.5) is 0 Å². The molecule has 0 aromatic carbocycles. The summed E-state index contributed by atoms with van der Waals surface area (Å²) in [5, 5.41) is 2.13. The van der Waals surface area contributed by atoms with Crippen molar-refractivity contribution in [2.24, 2.45) is 0 Å². The van der Waals surface area contributed by atoms with Crippen LogP contribution < -0.4 is 0 Å². The summed E-state index contributed by atoms with van der Waals surface area (Å²) in [6.07, 6.45) is 2.99. The Labute approximate surface area is 64.6 Å². The molecule has 0 amide bonds. The van der Waals surface area contributed by atoms with E-state index in [1.165, 1.54) is 17.7 Å². The predicted molar refractivity (Wildman–Crippen MR) is 42.4 cm³/mol. The van der Waals surface area contributed by atoms with Crippen molar-refractivity contribution >= 4 is 11.3 Å². The molecule has 0 spiro atoms. The Bertz CT molecular complexity index is 189. The highest BCUT2D eigenvalue weighted by Crippen LogP contribution is 2.18. The highest BCUT2D eigenvalue weighted by atomic mass is 32.1. The lowest BCUT2D eigenvalue weighted by Crippen LogP contribution is -1.87. The summed E-state index contributed by atoms with van der Waals surface area (Å²) >= 11 is 1.84. The smallest absolute Gasteiger partial charge is 0.0813 e. The van der Waals surface area contributed by atoms with Gasteiger partial charge in [0.05, 0.1) is 12.7 Å². The highest BCUT2D eigenvalue weighted by Gasteiger charge is 2.21. The van der Waals surface area contributed by atoms with E-state index >= 15 is 0 Å². The van der Waals surface area contributed by atoms with E-state index in [1.54, 1.807) is 0 Å². The second kappa shape index (κ2) is 2.72. The molecule has 0 radical (unpaired) electrons. The number of thiophene rings is 1. The quantitative estimate of drug-likeness (QED) is 0.607. The number of rotatable bonds is 3. The molecule has 0 saturated carbocycles. The molecule has 1 aromatic rings. The van der Waals surface area contributed by atoms with Gasteiger partial charge in [-0.15, -0.1) is 11.3 Å². The monoisotopic (exact) mass is 154 g/mol. The first-order chi connectivity index (χ1) is 4.95. The van der Waals surface area contributed by atoms with E-state index in [0.717, 1.165) is 6.61 Å². The number of hydrogen-bond acceptors (Lipinski definition) is 2. The largest absolute Gasteiger partial charge is 0.373 e. The first-order valence-corrected chi connectivity index (χ1v) is 4.47. The molecule has 1 atom stereocenters. The third kappa shape index (κ3) is 1.58. The fraction of sp³-hybridized carbons (Fsp3) is 0.500. The van der Waals surface area contributed by atoms with Crippen molar-refractivity contribution in [3.8, 4) is 0 Å². The number of aryl methyl sites for hydroxylation is 1. The summed E-state index contributed by atoms with van der Waals surface area (Å²) in [4.78, 5) is 1.48. The maximum Gasteiger partial charge on any atom is 0.0813 e. The standard InChI is InChI=1S/C8H10OS/c1-2-8(10-5-1)4-3-7-6-9-7/h1-2,5,7H,3-4,6H2. The summed E-state index contributed by atoms with van der Waals surface area (Å²) in [6.45, 7) is 0.991. The van der Waals surface area contributed by atoms with Crippen LogP contribution in [0.5, 0.6) is 0 Å². The zero-order valence-corrected chi connectivity index (χ0v) is 6.56. The molecular weight excluding hydrogens is 144 g/mol. The number of ether oxygens (including phenoxy) is 1. The average Bonchev–Trinajstić information content (AvgIpc) is 2.63. The molecular formula is C8H10OS. The van der Waals surface area contributed by atoms with Crippen molar-refractivity contribution < 1.29 is 4.74 Å². The molecule has 54 valence electrons. The van der Waals surface area contributed by atoms with Crippen molar-refractivity contribution in [3.05, 3.63) is 22.4 Å². The van der Waals surface area contributed by atoms with E-state index in [2.05, 4.69) is 17.5 Å². The summed E-state index contributed by atoms with van der Waals surface area (Å²) in [6, 6.07) is 4.29. The van der Waals surface area contributed by atoms with Gasteiger partial charge in [-0.2, -0.15) is 0 Å². The van der Waals surface area contributed by atoms with E-state index in [0.29, 0.717) is 6.10 Å². The summed E-state index contributed by atoms with van der Waals surface area (Å²) < 4.78 is 5.11. The number of hydrogen-bond donors (Lipinski definition) is 0. The molecule has 1 nitrogen and oxygen atoms in total. The van der Waals surface area contributed by atoms with Gasteiger partial charge in [-0.05, 0) is 24.3 Å². The maximum atomic E-state index is 5.11. The van der Waals surface area contributed by atoms with Crippen molar-refractivity contribution in [1.29, 1.82) is 0 Å². The fourth-order valence-electron chi connectivity index (χ4n) is 0.993. The van der Waals surface area contributed by atoms with Gasteiger partial charge in [-0.25, -0.2) is 0 Å². The van der Waals surface area contributed by atoms with Crippen molar-refractivity contribution in [2.75, 3.05) is 6.61 Å². The van der Waals surface area contributed by atoms with Gasteiger partial charge >= 0.3 is 0 Å². The van der Waals surface area contributed by atoms with E-state index < -0.39 is 0 Å². The van der Waals surface area contributed by atoms with E-state index in [4.69, 9.17) is 4.74 Å². The molecule has 10 heavy (non-hydrogen) atoms. The van der Waals surface area contributed by atoms with Crippen LogP contribution in [0.25, 0.3) is 0 Å². The molecule has 2 heteroatoms. The highest BCUT2D eigenvalue weighted by molar-refractivity contribution is 7.09. The van der Waals surface area contributed by atoms with Crippen LogP contribution in [0.2, 0.25) is 0 Å². The maximum absolute atomic E-state index is 5.11. The van der Waals surface area contributed by atoms with Crippen molar-refractivity contribution in [1.82, 2.24) is 0 Å². The lowest BCUT2D eigenvalue weighted by Gasteiger charge is -1.90. The summed E-state index contributed by atoms with van der Waals surface area (Å²) in [7, 11) is 0. The minimum atomic E-state index is 0.585. The van der Waals surface area contributed by atoms with Crippen molar-refractivity contribution in [2.45, 2.75) is 18.9 Å². The van der Waals surface area contributed by atoms with Crippen LogP contribution in [0, 0.1) is 0 Å². The predicted octanol–water partition coefficient (Wildman–Crippen LogP) is 2.08. The van der Waals surface area contributed by atoms with Crippen LogP contribution >= 0.6 is 11.3 Å². The summed E-state index contributed by atoms with van der Waals surface area (Å²) in [5.74, 6) is 0. The molecule has 1 unspecified atom stereocenters. The topological polar surface area (TPSA) is 12.5 Å². The number of epoxide rings is 1. The molecule has 1 fully saturated rings. The molecule has 1 saturated heterocycles. The molecule has 1 aliphatic heterocycles. The Morgan fingerprint density at radius 3 is 3.20 bits per heavy atom. The third-order valence-corrected chi connectivity index (χ3v) is 2.63. The van der Waals surface area contributed by atoms with Gasteiger partial charge in [-0.1, -0.05) is 6.07 Å². The summed E-state index contributed by atoms with van der Waals surface area (Å²) in [5.41, 5.74) is 0. The fourth-order valence-corrected chi connectivity index (χ4v) is 1.72. The Hall–Kier alpha value is -0.340. The van der Waals surface area contributed by atoms with Crippen LogP contribution in [-0.4, -0.2) is 12.7 Å². The van der Waals surface area contributed by atoms with E-state index in [-0.39, 0.29) is 0 Å². The minimum Gasteiger partial charge on any atom is -0.373 e. The Kier molecular flexibility index (Phi) is 1.74. The van der Waals surface area contributed by atoms with E-state index in [9.17, 15) is 0 Å². The molecule has 0 N–H and O–H groups in total. The molecule has 0 aliphatic carbocycles. The molecule has 1 aromatic heterocycles. The third-order valence-electron chi connectivity index (χ3n) is 1.70. The van der Waals surface area contributed by atoms with Gasteiger partial charge in [0.15, 0.2) is 0 Å². The van der Waals surface area contributed by atoms with Gasteiger partial charge in [-0.3, -0.25) is 0 Å². The molecule has 2 heterocycles. The molecule has 0 bridgehead atoms. The van der Waals surface area contributed by atoms with Crippen LogP contribution in [-0.2, 0) is 11.2 Å². The Balaban J connectivity index is 1.79. The Morgan fingerprint density at radius 1 is 1.70 bits per heavy atom. The SMILES string of the molecule is c1csc(CCC2CO2)c1. The van der Waals surface area contributed by atoms with Gasteiger partial charge in [0.25, 0.3) is 0 Å². The van der Waals surface area contributed by atoms with Gasteiger partial charge in [0.1, 0.15) is 0 Å². The second-order valence-corrected chi connectivity index (χ2v) is 3.61. The van der Waals surface area contributed by atoms with Crippen LogP contribution in [0.15, 0.2) is 17.5 Å². The lowest BCUT2D eigenvalue weighted by atomic mass is 10.2. The van der Waals surface area contributed by atoms with Gasteiger partial charge < -0.3 is 4.74 Å². The second-order valence-electron chi connectivity index (χ2n) is 2.57. The lowest BCUT2D eigenvalue weighted by molar-refractivity contribution is 0.397. The normalized spacial score (nSPS) is 23.0. The van der Waals surface area contributed by atoms with Gasteiger partial charge in [0, 0.05) is 4.88 Å². The first-order valence-electron chi connectivity index (χ1n) is 3.59. The van der Waals surface area contributed by atoms with Gasteiger partial charge in [0.2, 0.25) is 0 Å². The van der Waals surface area contributed by atoms with E-state index in [1.807, 2.05) is 11.3 Å². The first kappa shape index (κ1) is 6.38. The van der Waals surface area contributed by atoms with Crippen LogP contribution in [0.3, 0.4) is 0 Å². The zero-order valence-electron chi connectivity index (χ0n) is 5.75. The van der Waals surface area contributed by atoms with Crippen LogP contribution in [0.1, 0.15) is 11.3 Å². The minimum absolute atomic E-state index is 0.585. The van der Waals surface area contributed by atoms with Crippen molar-refractivity contribution in [3.63, 3.8) is 0 Å². The molecule has 1 aliphatic rings. The molecule has 2 rings (SSSR count).